The van der Waals surface area contributed by atoms with Gasteiger partial charge in [-0.05, 0) is 31.4 Å². The first-order valence-electron chi connectivity index (χ1n) is 6.57. The van der Waals surface area contributed by atoms with Crippen molar-refractivity contribution in [3.63, 3.8) is 0 Å². The summed E-state index contributed by atoms with van der Waals surface area (Å²) in [5.41, 5.74) is -1.44. The molecule has 0 aliphatic heterocycles. The number of anilines is 1. The van der Waals surface area contributed by atoms with E-state index in [2.05, 4.69) is 5.32 Å². The number of carboxylic acid groups (broad SMARTS) is 1. The first-order valence-corrected chi connectivity index (χ1v) is 6.57. The molecule has 0 spiro atoms. The lowest BCUT2D eigenvalue weighted by Gasteiger charge is -2.28. The lowest BCUT2D eigenvalue weighted by atomic mass is 9.76. The second-order valence-electron chi connectivity index (χ2n) is 5.68. The van der Waals surface area contributed by atoms with Crippen molar-refractivity contribution in [3.05, 3.63) is 29.3 Å². The Hall–Kier alpha value is -1.98. The molecule has 0 aliphatic carbocycles. The van der Waals surface area contributed by atoms with Crippen molar-refractivity contribution in [1.29, 1.82) is 0 Å². The topological polar surface area (TPSA) is 66.4 Å². The zero-order chi connectivity index (χ0) is 16.4. The number of benzene rings is 1. The third-order valence-electron chi connectivity index (χ3n) is 3.81. The third-order valence-corrected chi connectivity index (χ3v) is 3.81. The molecule has 0 heterocycles. The normalized spacial score (nSPS) is 13.9. The van der Waals surface area contributed by atoms with Gasteiger partial charge in [0.05, 0.1) is 11.1 Å². The number of nitrogens with one attached hydrogen (secondary N) is 1. The fraction of sp³-hybridized carbons (Fsp3) is 0.467. The predicted molar refractivity (Wildman–Crippen MR) is 74.9 cm³/mol. The van der Waals surface area contributed by atoms with Crippen molar-refractivity contribution in [1.82, 2.24) is 0 Å². The van der Waals surface area contributed by atoms with Crippen molar-refractivity contribution in [2.45, 2.75) is 34.1 Å². The molecule has 0 aromatic heterocycles. The van der Waals surface area contributed by atoms with Gasteiger partial charge in [0.15, 0.2) is 0 Å². The summed E-state index contributed by atoms with van der Waals surface area (Å²) < 4.78 is 27.0. The van der Waals surface area contributed by atoms with Crippen LogP contribution in [0, 0.1) is 29.9 Å². The summed E-state index contributed by atoms with van der Waals surface area (Å²) in [6, 6.07) is 1.86. The Morgan fingerprint density at radius 2 is 1.86 bits per heavy atom. The van der Waals surface area contributed by atoms with Gasteiger partial charge < -0.3 is 10.4 Å². The monoisotopic (exact) mass is 299 g/mol. The predicted octanol–water partition coefficient (Wildman–Crippen LogP) is 3.35. The first-order chi connectivity index (χ1) is 9.57. The Labute approximate surface area is 122 Å². The summed E-state index contributed by atoms with van der Waals surface area (Å²) in [6.07, 6.45) is -0.324. The van der Waals surface area contributed by atoms with Crippen LogP contribution in [-0.4, -0.2) is 17.0 Å². The highest BCUT2D eigenvalue weighted by molar-refractivity contribution is 5.94. The van der Waals surface area contributed by atoms with Crippen LogP contribution in [-0.2, 0) is 9.59 Å². The van der Waals surface area contributed by atoms with E-state index in [1.54, 1.807) is 13.8 Å². The Kier molecular flexibility index (Phi) is 5.04. The SMILES string of the molecule is Cc1cc(F)c(NC(=O)CC(C)(C(=O)O)C(C)C)cc1F. The van der Waals surface area contributed by atoms with Crippen molar-refractivity contribution in [2.75, 3.05) is 5.32 Å². The minimum absolute atomic E-state index is 0.128. The molecular weight excluding hydrogens is 280 g/mol. The molecule has 0 fully saturated rings. The summed E-state index contributed by atoms with van der Waals surface area (Å²) in [6.45, 7) is 6.23. The molecule has 0 bridgehead atoms. The standard InChI is InChI=1S/C15H19F2NO3/c1-8(2)15(4,14(20)21)7-13(19)18-12-6-10(16)9(3)5-11(12)17/h5-6,8H,7H2,1-4H3,(H,18,19)(H,20,21). The smallest absolute Gasteiger partial charge is 0.310 e. The molecular formula is C15H19F2NO3. The molecule has 116 valence electrons. The van der Waals surface area contributed by atoms with E-state index in [1.165, 1.54) is 13.8 Å². The maximum Gasteiger partial charge on any atom is 0.310 e. The summed E-state index contributed by atoms with van der Waals surface area (Å²) in [5, 5.41) is 11.5. The summed E-state index contributed by atoms with van der Waals surface area (Å²) >= 11 is 0. The minimum atomic E-state index is -1.27. The quantitative estimate of drug-likeness (QED) is 0.876. The van der Waals surface area contributed by atoms with E-state index in [-0.39, 0.29) is 23.6 Å². The van der Waals surface area contributed by atoms with Gasteiger partial charge in [0.2, 0.25) is 5.91 Å². The molecule has 0 saturated heterocycles. The zero-order valence-corrected chi connectivity index (χ0v) is 12.5. The van der Waals surface area contributed by atoms with E-state index in [1.807, 2.05) is 0 Å². The van der Waals surface area contributed by atoms with E-state index in [0.29, 0.717) is 0 Å². The lowest BCUT2D eigenvalue weighted by Crippen LogP contribution is -2.37. The molecule has 0 radical (unpaired) electrons. The van der Waals surface area contributed by atoms with Gasteiger partial charge in [0.25, 0.3) is 0 Å². The van der Waals surface area contributed by atoms with E-state index in [0.717, 1.165) is 12.1 Å². The van der Waals surface area contributed by atoms with Crippen LogP contribution in [0.25, 0.3) is 0 Å². The molecule has 0 aliphatic rings. The van der Waals surface area contributed by atoms with Gasteiger partial charge >= 0.3 is 5.97 Å². The number of aliphatic carboxylic acids is 1. The summed E-state index contributed by atoms with van der Waals surface area (Å²) in [4.78, 5) is 23.2. The molecule has 1 atom stereocenters. The van der Waals surface area contributed by atoms with Gasteiger partial charge in [-0.15, -0.1) is 0 Å². The molecule has 1 aromatic rings. The van der Waals surface area contributed by atoms with Crippen LogP contribution in [0.15, 0.2) is 12.1 Å². The van der Waals surface area contributed by atoms with Crippen molar-refractivity contribution >= 4 is 17.6 Å². The number of hydrogen-bond donors (Lipinski definition) is 2. The second-order valence-corrected chi connectivity index (χ2v) is 5.68. The Morgan fingerprint density at radius 3 is 2.33 bits per heavy atom. The van der Waals surface area contributed by atoms with Crippen LogP contribution in [0.5, 0.6) is 0 Å². The first kappa shape index (κ1) is 17.1. The number of halogens is 2. The molecule has 21 heavy (non-hydrogen) atoms. The van der Waals surface area contributed by atoms with Gasteiger partial charge in [-0.1, -0.05) is 13.8 Å². The number of aryl methyl sites for hydroxylation is 1. The van der Waals surface area contributed by atoms with E-state index in [4.69, 9.17) is 0 Å². The second kappa shape index (κ2) is 6.20. The van der Waals surface area contributed by atoms with Crippen LogP contribution in [0.1, 0.15) is 32.8 Å². The van der Waals surface area contributed by atoms with Gasteiger partial charge in [-0.25, -0.2) is 8.78 Å². The van der Waals surface area contributed by atoms with Crippen molar-refractivity contribution < 1.29 is 23.5 Å². The Morgan fingerprint density at radius 1 is 1.29 bits per heavy atom. The zero-order valence-electron chi connectivity index (χ0n) is 12.5. The van der Waals surface area contributed by atoms with Gasteiger partial charge in [-0.2, -0.15) is 0 Å². The third kappa shape index (κ3) is 3.77. The van der Waals surface area contributed by atoms with Crippen LogP contribution >= 0.6 is 0 Å². The van der Waals surface area contributed by atoms with Gasteiger partial charge in [0, 0.05) is 12.5 Å². The average molecular weight is 299 g/mol. The molecule has 1 unspecified atom stereocenters. The molecule has 2 N–H and O–H groups in total. The maximum atomic E-state index is 13.6. The van der Waals surface area contributed by atoms with Crippen LogP contribution in [0.4, 0.5) is 14.5 Å². The molecule has 1 rings (SSSR count). The highest BCUT2D eigenvalue weighted by atomic mass is 19.1. The van der Waals surface area contributed by atoms with Crippen LogP contribution in [0.2, 0.25) is 0 Å². The largest absolute Gasteiger partial charge is 0.481 e. The number of carboxylic acids is 1. The highest BCUT2D eigenvalue weighted by Crippen LogP contribution is 2.32. The Bertz CT molecular complexity index is 572. The number of hydrogen-bond acceptors (Lipinski definition) is 2. The van der Waals surface area contributed by atoms with Crippen molar-refractivity contribution in [3.8, 4) is 0 Å². The van der Waals surface area contributed by atoms with Crippen LogP contribution in [0.3, 0.4) is 0 Å². The van der Waals surface area contributed by atoms with E-state index in [9.17, 15) is 23.5 Å². The molecule has 0 saturated carbocycles. The van der Waals surface area contributed by atoms with Gasteiger partial charge in [0.1, 0.15) is 11.6 Å². The minimum Gasteiger partial charge on any atom is -0.481 e. The highest BCUT2D eigenvalue weighted by Gasteiger charge is 2.38. The lowest BCUT2D eigenvalue weighted by molar-refractivity contribution is -0.153. The maximum absolute atomic E-state index is 13.6. The van der Waals surface area contributed by atoms with Gasteiger partial charge in [-0.3, -0.25) is 9.59 Å². The summed E-state index contributed by atoms with van der Waals surface area (Å²) in [7, 11) is 0. The fourth-order valence-corrected chi connectivity index (χ4v) is 1.80. The number of amides is 1. The van der Waals surface area contributed by atoms with E-state index < -0.39 is 28.9 Å². The van der Waals surface area contributed by atoms with Crippen LogP contribution < -0.4 is 5.32 Å². The number of carbonyl (C=O) groups is 2. The molecule has 6 heteroatoms. The van der Waals surface area contributed by atoms with Crippen molar-refractivity contribution in [2.24, 2.45) is 11.3 Å². The number of carbonyl (C=O) groups excluding carboxylic acids is 1. The fourth-order valence-electron chi connectivity index (χ4n) is 1.80. The molecule has 4 nitrogen and oxygen atoms in total. The summed E-state index contributed by atoms with van der Waals surface area (Å²) in [5.74, 6) is -3.47. The van der Waals surface area contributed by atoms with E-state index >= 15 is 0 Å². The Balaban J connectivity index is 2.92. The molecule has 1 aromatic carbocycles. The number of rotatable bonds is 5. The molecule has 1 amide bonds. The average Bonchev–Trinajstić information content (AvgIpc) is 2.35.